The van der Waals surface area contributed by atoms with E-state index < -0.39 is 29.6 Å². The van der Waals surface area contributed by atoms with Crippen molar-refractivity contribution in [1.82, 2.24) is 0 Å². The number of carboxylic acid groups (broad SMARTS) is 1. The van der Waals surface area contributed by atoms with Crippen LogP contribution >= 0.6 is 0 Å². The van der Waals surface area contributed by atoms with Gasteiger partial charge in [-0.05, 0) is 25.0 Å². The molecule has 0 radical (unpaired) electrons. The van der Waals surface area contributed by atoms with E-state index in [1.54, 1.807) is 5.32 Å². The lowest BCUT2D eigenvalue weighted by Crippen LogP contribution is -2.94. The highest BCUT2D eigenvalue weighted by molar-refractivity contribution is 5.93. The number of rotatable bonds is 11. The topological polar surface area (TPSA) is 85.8 Å². The van der Waals surface area contributed by atoms with Crippen molar-refractivity contribution in [1.29, 1.82) is 0 Å². The molecular weight excluding hydrogens is 330 g/mol. The Kier molecular flexibility index (Phi) is 9.05. The maximum Gasteiger partial charge on any atom is 0.230 e. The van der Waals surface area contributed by atoms with Gasteiger partial charge in [0.15, 0.2) is 0 Å². The van der Waals surface area contributed by atoms with Crippen molar-refractivity contribution in [3.05, 3.63) is 29.8 Å². The molecule has 5 nitrogen and oxygen atoms in total. The molecule has 0 fully saturated rings. The predicted molar refractivity (Wildman–Crippen MR) is 88.5 cm³/mol. The minimum absolute atomic E-state index is 0.183. The van der Waals surface area contributed by atoms with Crippen LogP contribution in [0.15, 0.2) is 18.2 Å². The van der Waals surface area contributed by atoms with Gasteiger partial charge in [-0.15, -0.1) is 0 Å². The van der Waals surface area contributed by atoms with E-state index >= 15 is 0 Å². The van der Waals surface area contributed by atoms with Crippen LogP contribution in [0.3, 0.4) is 0 Å². The number of hydrogen-bond acceptors (Lipinski definition) is 3. The van der Waals surface area contributed by atoms with Crippen molar-refractivity contribution < 1.29 is 28.8 Å². The molecule has 1 aromatic rings. The molecule has 140 valence electrons. The van der Waals surface area contributed by atoms with Crippen molar-refractivity contribution in [2.75, 3.05) is 11.9 Å². The van der Waals surface area contributed by atoms with Gasteiger partial charge >= 0.3 is 0 Å². The first-order chi connectivity index (χ1) is 11.9. The molecule has 0 aliphatic carbocycles. The Labute approximate surface area is 146 Å². The van der Waals surface area contributed by atoms with Gasteiger partial charge in [-0.1, -0.05) is 26.7 Å². The Bertz CT molecular complexity index is 581. The molecule has 1 amide bonds. The first-order valence-corrected chi connectivity index (χ1v) is 8.66. The molecule has 25 heavy (non-hydrogen) atoms. The molecule has 0 aliphatic heterocycles. The van der Waals surface area contributed by atoms with E-state index in [2.05, 4.69) is 12.2 Å². The van der Waals surface area contributed by atoms with Crippen molar-refractivity contribution >= 4 is 17.6 Å². The summed E-state index contributed by atoms with van der Waals surface area (Å²) in [7, 11) is 0. The van der Waals surface area contributed by atoms with Crippen LogP contribution in [0.25, 0.3) is 0 Å². The van der Waals surface area contributed by atoms with Gasteiger partial charge in [0.25, 0.3) is 0 Å². The van der Waals surface area contributed by atoms with Crippen LogP contribution in [0.4, 0.5) is 14.5 Å². The number of benzene rings is 1. The molecule has 0 spiro atoms. The number of hydrogen-bond donors (Lipinski definition) is 2. The summed E-state index contributed by atoms with van der Waals surface area (Å²) in [6, 6.07) is 1.72. The zero-order chi connectivity index (χ0) is 18.8. The Morgan fingerprint density at radius 1 is 1.28 bits per heavy atom. The van der Waals surface area contributed by atoms with Gasteiger partial charge < -0.3 is 20.5 Å². The summed E-state index contributed by atoms with van der Waals surface area (Å²) < 4.78 is 26.4. The minimum atomic E-state index is -1.33. The molecule has 0 heterocycles. The number of halogens is 2. The van der Waals surface area contributed by atoms with Gasteiger partial charge in [-0.2, -0.15) is 0 Å². The fourth-order valence-corrected chi connectivity index (χ4v) is 2.59. The summed E-state index contributed by atoms with van der Waals surface area (Å²) in [4.78, 5) is 23.2. The summed E-state index contributed by atoms with van der Waals surface area (Å²) in [5.41, 5.74) is -0.183. The van der Waals surface area contributed by atoms with Crippen LogP contribution in [0.1, 0.15) is 46.0 Å². The standard InChI is InChI=1S/C18H26F2N2O3/c1-3-5-6-12(4-2)11-21-16(18(24)25)10-17(23)22-15-8-7-13(19)9-14(15)20/h7-9,12,16,21H,3-6,10-11H2,1-2H3,(H,22,23)(H,24,25)/t12-,16+/m1/s1. The van der Waals surface area contributed by atoms with Crippen molar-refractivity contribution in [2.24, 2.45) is 5.92 Å². The molecule has 1 rings (SSSR count). The third-order valence-corrected chi connectivity index (χ3v) is 4.21. The maximum atomic E-state index is 13.5. The highest BCUT2D eigenvalue weighted by atomic mass is 19.1. The number of carboxylic acids is 1. The van der Waals surface area contributed by atoms with Gasteiger partial charge in [0.1, 0.15) is 17.7 Å². The predicted octanol–water partition coefficient (Wildman–Crippen LogP) is 1.19. The van der Waals surface area contributed by atoms with Crippen molar-refractivity contribution in [3.63, 3.8) is 0 Å². The second kappa shape index (κ2) is 10.8. The lowest BCUT2D eigenvalue weighted by Gasteiger charge is -2.20. The van der Waals surface area contributed by atoms with Gasteiger partial charge in [0, 0.05) is 12.0 Å². The van der Waals surface area contributed by atoms with Gasteiger partial charge in [0.05, 0.1) is 24.6 Å². The number of nitrogens with one attached hydrogen (secondary N) is 1. The Morgan fingerprint density at radius 3 is 2.56 bits per heavy atom. The summed E-state index contributed by atoms with van der Waals surface area (Å²) >= 11 is 0. The lowest BCUT2D eigenvalue weighted by molar-refractivity contribution is -0.687. The largest absolute Gasteiger partial charge is 0.544 e. The van der Waals surface area contributed by atoms with E-state index in [1.807, 2.05) is 6.92 Å². The molecule has 7 heteroatoms. The van der Waals surface area contributed by atoms with E-state index in [1.165, 1.54) is 0 Å². The highest BCUT2D eigenvalue weighted by Crippen LogP contribution is 2.15. The third kappa shape index (κ3) is 7.60. The van der Waals surface area contributed by atoms with Crippen molar-refractivity contribution in [2.45, 2.75) is 52.0 Å². The number of unbranched alkanes of at least 4 members (excludes halogenated alkanes) is 1. The van der Waals surface area contributed by atoms with Crippen LogP contribution in [0.2, 0.25) is 0 Å². The Balaban J connectivity index is 2.58. The number of carbonyl (C=O) groups excluding carboxylic acids is 2. The van der Waals surface area contributed by atoms with Crippen LogP contribution in [-0.4, -0.2) is 24.5 Å². The first-order valence-electron chi connectivity index (χ1n) is 8.66. The van der Waals surface area contributed by atoms with Gasteiger partial charge in [-0.25, -0.2) is 8.78 Å². The van der Waals surface area contributed by atoms with Crippen molar-refractivity contribution in [3.8, 4) is 0 Å². The summed E-state index contributed by atoms with van der Waals surface area (Å²) in [6.07, 6.45) is 3.75. The number of carbonyl (C=O) groups is 2. The average molecular weight is 356 g/mol. The second-order valence-electron chi connectivity index (χ2n) is 6.19. The number of nitrogens with two attached hydrogens (primary N) is 1. The Hall–Kier alpha value is -2.02. The zero-order valence-electron chi connectivity index (χ0n) is 14.7. The molecule has 1 aromatic carbocycles. The lowest BCUT2D eigenvalue weighted by atomic mass is 9.99. The van der Waals surface area contributed by atoms with E-state index in [0.717, 1.165) is 37.8 Å². The molecule has 0 unspecified atom stereocenters. The van der Waals surface area contributed by atoms with E-state index in [0.29, 0.717) is 18.5 Å². The fourth-order valence-electron chi connectivity index (χ4n) is 2.59. The van der Waals surface area contributed by atoms with E-state index in [9.17, 15) is 23.5 Å². The molecule has 0 aliphatic rings. The molecule has 0 aromatic heterocycles. The highest BCUT2D eigenvalue weighted by Gasteiger charge is 2.21. The average Bonchev–Trinajstić information content (AvgIpc) is 2.56. The van der Waals surface area contributed by atoms with Crippen LogP contribution in [0, 0.1) is 17.6 Å². The first kappa shape index (κ1) is 21.0. The fraction of sp³-hybridized carbons (Fsp3) is 0.556. The van der Waals surface area contributed by atoms with Crippen LogP contribution in [-0.2, 0) is 9.59 Å². The van der Waals surface area contributed by atoms with Crippen LogP contribution < -0.4 is 15.7 Å². The second-order valence-corrected chi connectivity index (χ2v) is 6.19. The smallest absolute Gasteiger partial charge is 0.230 e. The Morgan fingerprint density at radius 2 is 2.00 bits per heavy atom. The molecule has 0 bridgehead atoms. The monoisotopic (exact) mass is 356 g/mol. The van der Waals surface area contributed by atoms with E-state index in [-0.39, 0.29) is 12.1 Å². The molecule has 3 N–H and O–H groups in total. The molecule has 0 saturated heterocycles. The SMILES string of the molecule is CCCC[C@@H](CC)C[NH2+][C@@H](CC(=O)Nc1ccc(F)cc1F)C(=O)[O-]. The normalized spacial score (nSPS) is 13.3. The number of quaternary nitrogens is 1. The minimum Gasteiger partial charge on any atom is -0.544 e. The quantitative estimate of drug-likeness (QED) is 0.624. The van der Waals surface area contributed by atoms with Gasteiger partial charge in [0.2, 0.25) is 5.91 Å². The summed E-state index contributed by atoms with van der Waals surface area (Å²) in [6.45, 7) is 4.73. The molecule has 2 atom stereocenters. The van der Waals surface area contributed by atoms with E-state index in [4.69, 9.17) is 0 Å². The zero-order valence-corrected chi connectivity index (χ0v) is 14.7. The molecule has 0 saturated carbocycles. The van der Waals surface area contributed by atoms with Crippen LogP contribution in [0.5, 0.6) is 0 Å². The van der Waals surface area contributed by atoms with Gasteiger partial charge in [-0.3, -0.25) is 4.79 Å². The molecular formula is C18H26F2N2O3. The third-order valence-electron chi connectivity index (χ3n) is 4.21. The number of anilines is 1. The number of aliphatic carboxylic acids is 1. The summed E-state index contributed by atoms with van der Waals surface area (Å²) in [5, 5.41) is 15.1. The maximum absolute atomic E-state index is 13.5. The summed E-state index contributed by atoms with van der Waals surface area (Å²) in [5.74, 6) is -3.28. The number of amides is 1.